The quantitative estimate of drug-likeness (QED) is 0.598. The molecule has 0 unspecified atom stereocenters. The molecule has 2 aromatic rings. The Hall–Kier alpha value is -1.53. The van der Waals surface area contributed by atoms with E-state index >= 15 is 0 Å². The van der Waals surface area contributed by atoms with Crippen LogP contribution in [0.1, 0.15) is 43.2 Å². The van der Waals surface area contributed by atoms with Crippen LogP contribution < -0.4 is 8.85 Å². The van der Waals surface area contributed by atoms with Gasteiger partial charge >= 0.3 is 0 Å². The van der Waals surface area contributed by atoms with Crippen molar-refractivity contribution in [1.82, 2.24) is 0 Å². The molecule has 4 heteroatoms. The van der Waals surface area contributed by atoms with Gasteiger partial charge in [-0.15, -0.1) is 0 Å². The molecule has 0 amide bonds. The van der Waals surface area contributed by atoms with Crippen molar-refractivity contribution < 1.29 is 8.85 Å². The molecule has 1 aliphatic rings. The summed E-state index contributed by atoms with van der Waals surface area (Å²) in [7, 11) is -2.10. The molecule has 0 N–H and O–H groups in total. The summed E-state index contributed by atoms with van der Waals surface area (Å²) < 4.78 is 11.9. The highest BCUT2D eigenvalue weighted by Crippen LogP contribution is 2.45. The summed E-state index contributed by atoms with van der Waals surface area (Å²) in [6, 6.07) is 17.8. The zero-order valence-electron chi connectivity index (χ0n) is 16.6. The molecule has 0 aliphatic heterocycles. The fourth-order valence-electron chi connectivity index (χ4n) is 4.15. The van der Waals surface area contributed by atoms with Gasteiger partial charge in [0.25, 0.3) is 0 Å². The van der Waals surface area contributed by atoms with E-state index in [1.165, 1.54) is 43.2 Å². The molecule has 0 radical (unpaired) electrons. The topological polar surface area (TPSA) is 18.5 Å². The summed E-state index contributed by atoms with van der Waals surface area (Å²) in [6.45, 7) is 8.83. The maximum Gasteiger partial charge on any atom is 0.229 e. The van der Waals surface area contributed by atoms with Crippen molar-refractivity contribution >= 4 is 18.1 Å². The smallest absolute Gasteiger partial charge is 0.229 e. The van der Waals surface area contributed by atoms with E-state index in [4.69, 9.17) is 8.85 Å². The van der Waals surface area contributed by atoms with Crippen LogP contribution in [0.15, 0.2) is 48.5 Å². The van der Waals surface area contributed by atoms with Crippen LogP contribution in [0.2, 0.25) is 26.2 Å². The average Bonchev–Trinajstić information content (AvgIpc) is 2.62. The molecule has 0 saturated heterocycles. The first-order valence-corrected chi connectivity index (χ1v) is 15.6. The predicted octanol–water partition coefficient (Wildman–Crippen LogP) is 5.66. The van der Waals surface area contributed by atoms with Gasteiger partial charge in [0.2, 0.25) is 18.1 Å². The van der Waals surface area contributed by atoms with E-state index < -0.39 is 18.1 Å². The zero-order chi connectivity index (χ0) is 18.6. The summed E-state index contributed by atoms with van der Waals surface area (Å²) in [4.78, 5) is 0. The monoisotopic (exact) mass is 384 g/mol. The Morgan fingerprint density at radius 2 is 1.00 bits per heavy atom. The highest BCUT2D eigenvalue weighted by atomic mass is 28.3. The lowest BCUT2D eigenvalue weighted by atomic mass is 9.65. The van der Waals surface area contributed by atoms with Gasteiger partial charge in [0.05, 0.1) is 0 Å². The molecule has 1 fully saturated rings. The van der Waals surface area contributed by atoms with Gasteiger partial charge in [0.15, 0.2) is 0 Å². The van der Waals surface area contributed by atoms with E-state index in [1.54, 1.807) is 0 Å². The third-order valence-electron chi connectivity index (χ3n) is 5.26. The van der Waals surface area contributed by atoms with Crippen molar-refractivity contribution in [3.63, 3.8) is 0 Å². The van der Waals surface area contributed by atoms with Gasteiger partial charge in [-0.2, -0.15) is 0 Å². The standard InChI is InChI=1S/C22H32O2Si2/c1-25(2)23-20-12-8-18(9-13-20)22(16-6-5-7-17-22)19-10-14-21(15-11-19)24-26(3)4/h8-15,25-26H,5-7,16-17H2,1-4H3. The Bertz CT molecular complexity index is 632. The van der Waals surface area contributed by atoms with Crippen LogP contribution in [0.4, 0.5) is 0 Å². The maximum absolute atomic E-state index is 5.97. The summed E-state index contributed by atoms with van der Waals surface area (Å²) in [5, 5.41) is 0. The molecule has 1 saturated carbocycles. The predicted molar refractivity (Wildman–Crippen MR) is 116 cm³/mol. The van der Waals surface area contributed by atoms with E-state index in [9.17, 15) is 0 Å². The Kier molecular flexibility index (Phi) is 6.25. The first-order chi connectivity index (χ1) is 12.5. The molecule has 1 aliphatic carbocycles. The molecule has 0 spiro atoms. The molecular formula is C22H32O2Si2. The van der Waals surface area contributed by atoms with Crippen molar-refractivity contribution in [2.45, 2.75) is 63.7 Å². The molecule has 26 heavy (non-hydrogen) atoms. The molecule has 0 bridgehead atoms. The van der Waals surface area contributed by atoms with Gasteiger partial charge in [-0.25, -0.2) is 0 Å². The first-order valence-electron chi connectivity index (χ1n) is 10.0. The fraction of sp³-hybridized carbons (Fsp3) is 0.455. The molecule has 0 aromatic heterocycles. The normalized spacial score (nSPS) is 16.7. The fourth-order valence-corrected chi connectivity index (χ4v) is 5.55. The first kappa shape index (κ1) is 19.2. The highest BCUT2D eigenvalue weighted by Gasteiger charge is 2.35. The van der Waals surface area contributed by atoms with Gasteiger partial charge in [-0.3, -0.25) is 0 Å². The lowest BCUT2D eigenvalue weighted by Gasteiger charge is -2.39. The van der Waals surface area contributed by atoms with Gasteiger partial charge in [0, 0.05) is 5.41 Å². The lowest BCUT2D eigenvalue weighted by Crippen LogP contribution is -2.30. The van der Waals surface area contributed by atoms with Crippen molar-refractivity contribution in [2.75, 3.05) is 0 Å². The van der Waals surface area contributed by atoms with Crippen molar-refractivity contribution in [1.29, 1.82) is 0 Å². The highest BCUT2D eigenvalue weighted by molar-refractivity contribution is 6.49. The summed E-state index contributed by atoms with van der Waals surface area (Å²) in [6.07, 6.45) is 6.40. The third-order valence-corrected chi connectivity index (χ3v) is 6.75. The molecule has 2 aromatic carbocycles. The van der Waals surface area contributed by atoms with E-state index in [0.717, 1.165) is 11.5 Å². The Labute approximate surface area is 162 Å². The van der Waals surface area contributed by atoms with Crippen molar-refractivity contribution in [3.8, 4) is 11.5 Å². The number of rotatable bonds is 6. The third kappa shape index (κ3) is 4.41. The SMILES string of the molecule is C[SiH](C)Oc1ccc(C2(c3ccc(O[SiH](C)C)cc3)CCCCC2)cc1. The van der Waals surface area contributed by atoms with E-state index in [2.05, 4.69) is 74.7 Å². The van der Waals surface area contributed by atoms with Crippen LogP contribution in [-0.4, -0.2) is 18.1 Å². The van der Waals surface area contributed by atoms with Gasteiger partial charge < -0.3 is 8.85 Å². The maximum atomic E-state index is 5.97. The van der Waals surface area contributed by atoms with E-state index in [1.807, 2.05) is 0 Å². The van der Waals surface area contributed by atoms with Gasteiger partial charge in [0.1, 0.15) is 11.5 Å². The van der Waals surface area contributed by atoms with E-state index in [0.29, 0.717) is 0 Å². The molecule has 0 heterocycles. The summed E-state index contributed by atoms with van der Waals surface area (Å²) >= 11 is 0. The molecule has 2 nitrogen and oxygen atoms in total. The molecular weight excluding hydrogens is 352 g/mol. The Morgan fingerprint density at radius 1 is 0.615 bits per heavy atom. The molecule has 140 valence electrons. The van der Waals surface area contributed by atoms with E-state index in [-0.39, 0.29) is 5.41 Å². The minimum absolute atomic E-state index is 0.139. The molecule has 0 atom stereocenters. The van der Waals surface area contributed by atoms with Crippen LogP contribution in [-0.2, 0) is 5.41 Å². The summed E-state index contributed by atoms with van der Waals surface area (Å²) in [5.74, 6) is 2.04. The second-order valence-electron chi connectivity index (χ2n) is 8.02. The van der Waals surface area contributed by atoms with Gasteiger partial charge in [-0.05, 0) is 74.4 Å². The van der Waals surface area contributed by atoms with Crippen LogP contribution in [0.5, 0.6) is 11.5 Å². The van der Waals surface area contributed by atoms with Crippen molar-refractivity contribution in [3.05, 3.63) is 59.7 Å². The van der Waals surface area contributed by atoms with Crippen molar-refractivity contribution in [2.24, 2.45) is 0 Å². The second kappa shape index (κ2) is 8.44. The summed E-state index contributed by atoms with van der Waals surface area (Å²) in [5.41, 5.74) is 3.00. The Balaban J connectivity index is 1.91. The van der Waals surface area contributed by atoms with Crippen LogP contribution >= 0.6 is 0 Å². The molecule has 3 rings (SSSR count). The van der Waals surface area contributed by atoms with Crippen LogP contribution in [0.3, 0.4) is 0 Å². The number of hydrogen-bond acceptors (Lipinski definition) is 2. The Morgan fingerprint density at radius 3 is 1.35 bits per heavy atom. The minimum Gasteiger partial charge on any atom is -0.547 e. The van der Waals surface area contributed by atoms with Crippen LogP contribution in [0.25, 0.3) is 0 Å². The minimum atomic E-state index is -1.05. The van der Waals surface area contributed by atoms with Gasteiger partial charge in [-0.1, -0.05) is 43.5 Å². The van der Waals surface area contributed by atoms with Crippen LogP contribution in [0, 0.1) is 0 Å². The largest absolute Gasteiger partial charge is 0.547 e. The number of benzene rings is 2. The lowest BCUT2D eigenvalue weighted by molar-refractivity contribution is 0.345. The zero-order valence-corrected chi connectivity index (χ0v) is 18.9. The average molecular weight is 385 g/mol. The second-order valence-corrected chi connectivity index (χ2v) is 12.7. The number of hydrogen-bond donors (Lipinski definition) is 0.